The molecular weight excluding hydrogens is 468 g/mol. The molecule has 2 atom stereocenters. The van der Waals surface area contributed by atoms with Crippen molar-refractivity contribution in [1.29, 1.82) is 0 Å². The highest BCUT2D eigenvalue weighted by Crippen LogP contribution is 2.50. The molecule has 1 saturated heterocycles. The van der Waals surface area contributed by atoms with Crippen LogP contribution in [0.2, 0.25) is 0 Å². The Morgan fingerprint density at radius 3 is 1.69 bits per heavy atom. The fraction of sp³-hybridized carbons (Fsp3) is 0.200. The van der Waals surface area contributed by atoms with Gasteiger partial charge >= 0.3 is 0 Å². The lowest BCUT2D eigenvalue weighted by atomic mass is 9.91. The monoisotopic (exact) mass is 497 g/mol. The van der Waals surface area contributed by atoms with Crippen LogP contribution < -0.4 is 9.80 Å². The molecule has 0 N–H and O–H groups in total. The summed E-state index contributed by atoms with van der Waals surface area (Å²) >= 11 is 0. The number of benzene rings is 4. The van der Waals surface area contributed by atoms with Crippen LogP contribution in [0, 0.1) is 20.8 Å². The molecule has 184 valence electrons. The van der Waals surface area contributed by atoms with E-state index in [1.54, 1.807) is 18.2 Å². The fourth-order valence-corrected chi connectivity index (χ4v) is 6.36. The Labute approximate surface area is 213 Å². The molecule has 1 aliphatic heterocycles. The average Bonchev–Trinajstić information content (AvgIpc) is 3.24. The smallest absolute Gasteiger partial charge is 0.126 e. The zero-order valence-electron chi connectivity index (χ0n) is 20.6. The van der Waals surface area contributed by atoms with Crippen molar-refractivity contribution in [3.63, 3.8) is 0 Å². The molecule has 0 saturated carbocycles. The van der Waals surface area contributed by atoms with E-state index in [1.807, 2.05) is 36.4 Å². The first-order valence-electron chi connectivity index (χ1n) is 12.0. The minimum Gasteiger partial charge on any atom is -0.744 e. The second kappa shape index (κ2) is 9.45. The summed E-state index contributed by atoms with van der Waals surface area (Å²) < 4.78 is 36.9. The van der Waals surface area contributed by atoms with Gasteiger partial charge in [0.15, 0.2) is 0 Å². The lowest BCUT2D eigenvalue weighted by molar-refractivity contribution is 0.462. The largest absolute Gasteiger partial charge is 0.744 e. The van der Waals surface area contributed by atoms with E-state index in [9.17, 15) is 13.0 Å². The molecule has 5 rings (SSSR count). The lowest BCUT2D eigenvalue weighted by Crippen LogP contribution is -2.28. The highest BCUT2D eigenvalue weighted by molar-refractivity contribution is 7.86. The van der Waals surface area contributed by atoms with Crippen molar-refractivity contribution >= 4 is 21.5 Å². The minimum absolute atomic E-state index is 0.115. The number of hydrogen-bond donors (Lipinski definition) is 0. The van der Waals surface area contributed by atoms with Crippen molar-refractivity contribution in [3.8, 4) is 0 Å². The van der Waals surface area contributed by atoms with Crippen LogP contribution in [-0.2, 0) is 10.1 Å². The van der Waals surface area contributed by atoms with Crippen LogP contribution in [0.5, 0.6) is 0 Å². The molecule has 0 spiro atoms. The Morgan fingerprint density at radius 1 is 0.694 bits per heavy atom. The molecule has 0 unspecified atom stereocenters. The fourth-order valence-electron chi connectivity index (χ4n) is 5.67. The van der Waals surface area contributed by atoms with Crippen LogP contribution in [0.3, 0.4) is 0 Å². The first kappa shape index (κ1) is 24.1. The third-order valence-electron chi connectivity index (χ3n) is 6.92. The SMILES string of the molecule is Cc1cc(C)c(N2CN(c3ccccc3S(=O)(=O)[O-])[C@@H](c3ccccc3)[C@@H]2c2ccccc2)c(C)c1. The van der Waals surface area contributed by atoms with Crippen LogP contribution in [0.25, 0.3) is 0 Å². The molecule has 0 aromatic heterocycles. The number of nitrogens with zero attached hydrogens (tertiary/aromatic N) is 2. The van der Waals surface area contributed by atoms with Crippen LogP contribution in [-0.4, -0.2) is 19.6 Å². The van der Waals surface area contributed by atoms with Crippen molar-refractivity contribution in [2.75, 3.05) is 16.5 Å². The predicted octanol–water partition coefficient (Wildman–Crippen LogP) is 6.28. The van der Waals surface area contributed by atoms with Crippen molar-refractivity contribution in [1.82, 2.24) is 0 Å². The third-order valence-corrected chi connectivity index (χ3v) is 7.81. The van der Waals surface area contributed by atoms with Gasteiger partial charge in [-0.05, 0) is 55.2 Å². The van der Waals surface area contributed by atoms with Gasteiger partial charge in [0.05, 0.1) is 29.3 Å². The molecule has 1 aliphatic rings. The minimum atomic E-state index is -4.67. The van der Waals surface area contributed by atoms with Crippen molar-refractivity contribution < 1.29 is 13.0 Å². The van der Waals surface area contributed by atoms with Gasteiger partial charge in [-0.3, -0.25) is 0 Å². The van der Waals surface area contributed by atoms with Gasteiger partial charge in [-0.1, -0.05) is 90.5 Å². The summed E-state index contributed by atoms with van der Waals surface area (Å²) in [5, 5.41) is 0. The van der Waals surface area contributed by atoms with Crippen molar-refractivity contribution in [3.05, 3.63) is 125 Å². The van der Waals surface area contributed by atoms with Gasteiger partial charge < -0.3 is 14.4 Å². The summed E-state index contributed by atoms with van der Waals surface area (Å²) in [5.74, 6) is 0. The van der Waals surface area contributed by atoms with Crippen LogP contribution in [0.4, 0.5) is 11.4 Å². The van der Waals surface area contributed by atoms with Crippen molar-refractivity contribution in [2.45, 2.75) is 37.8 Å². The summed E-state index contributed by atoms with van der Waals surface area (Å²) in [4.78, 5) is 4.22. The third kappa shape index (κ3) is 4.38. The van der Waals surface area contributed by atoms with Gasteiger partial charge in [-0.2, -0.15) is 0 Å². The Kier molecular flexibility index (Phi) is 6.33. The maximum atomic E-state index is 12.3. The average molecular weight is 498 g/mol. The molecule has 0 radical (unpaired) electrons. The van der Waals surface area contributed by atoms with E-state index in [4.69, 9.17) is 0 Å². The number of aryl methyl sites for hydroxylation is 3. The lowest BCUT2D eigenvalue weighted by Gasteiger charge is -2.32. The van der Waals surface area contributed by atoms with Gasteiger partial charge in [0.1, 0.15) is 10.1 Å². The van der Waals surface area contributed by atoms with E-state index in [0.29, 0.717) is 12.4 Å². The number of anilines is 2. The predicted molar refractivity (Wildman–Crippen MR) is 143 cm³/mol. The van der Waals surface area contributed by atoms with E-state index >= 15 is 0 Å². The highest BCUT2D eigenvalue weighted by atomic mass is 32.2. The van der Waals surface area contributed by atoms with Crippen LogP contribution in [0.1, 0.15) is 39.9 Å². The number of para-hydroxylation sites is 1. The number of hydrogen-bond acceptors (Lipinski definition) is 5. The molecule has 36 heavy (non-hydrogen) atoms. The summed E-state index contributed by atoms with van der Waals surface area (Å²) in [7, 11) is -4.67. The highest BCUT2D eigenvalue weighted by Gasteiger charge is 2.43. The van der Waals surface area contributed by atoms with E-state index in [1.165, 1.54) is 11.6 Å². The summed E-state index contributed by atoms with van der Waals surface area (Å²) in [5.41, 5.74) is 7.24. The van der Waals surface area contributed by atoms with Crippen molar-refractivity contribution in [2.24, 2.45) is 0 Å². The molecule has 0 bridgehead atoms. The van der Waals surface area contributed by atoms with Crippen LogP contribution >= 0.6 is 0 Å². The molecule has 0 aliphatic carbocycles. The second-order valence-electron chi connectivity index (χ2n) is 9.46. The summed E-state index contributed by atoms with van der Waals surface area (Å²) in [6, 6.07) is 31.0. The van der Waals surface area contributed by atoms with Gasteiger partial charge in [-0.15, -0.1) is 0 Å². The summed E-state index contributed by atoms with van der Waals surface area (Å²) in [6.07, 6.45) is 0. The zero-order valence-corrected chi connectivity index (χ0v) is 21.4. The Morgan fingerprint density at radius 2 is 1.17 bits per heavy atom. The quantitative estimate of drug-likeness (QED) is 0.304. The Bertz CT molecular complexity index is 1460. The van der Waals surface area contributed by atoms with E-state index in [0.717, 1.165) is 27.9 Å². The van der Waals surface area contributed by atoms with Gasteiger partial charge in [-0.25, -0.2) is 8.42 Å². The Balaban J connectivity index is 1.79. The summed E-state index contributed by atoms with van der Waals surface area (Å²) in [6.45, 7) is 6.76. The normalized spacial score (nSPS) is 18.0. The topological polar surface area (TPSA) is 63.7 Å². The maximum absolute atomic E-state index is 12.3. The molecule has 1 fully saturated rings. The van der Waals surface area contributed by atoms with Gasteiger partial charge in [0.2, 0.25) is 0 Å². The zero-order chi connectivity index (χ0) is 25.4. The maximum Gasteiger partial charge on any atom is 0.126 e. The second-order valence-corrected chi connectivity index (χ2v) is 10.8. The molecule has 6 heteroatoms. The standard InChI is InChI=1S/C30H30N2O3S/c1-21-18-22(2)28(23(3)19-21)32-20-31(26-16-10-11-17-27(26)36(33,34)35)29(24-12-6-4-7-13-24)30(32)25-14-8-5-9-15-25/h4-19,29-30H,20H2,1-3H3,(H,33,34,35)/p-1/t29-,30-/m0/s1. The molecular formula is C30H29N2O3S-. The molecule has 0 amide bonds. The molecule has 1 heterocycles. The Hall–Kier alpha value is -3.61. The first-order valence-corrected chi connectivity index (χ1v) is 13.4. The van der Waals surface area contributed by atoms with Gasteiger partial charge in [0, 0.05) is 5.69 Å². The number of rotatable bonds is 5. The molecule has 4 aromatic rings. The van der Waals surface area contributed by atoms with E-state index in [-0.39, 0.29) is 17.0 Å². The molecule has 4 aromatic carbocycles. The van der Waals surface area contributed by atoms with Gasteiger partial charge in [0.25, 0.3) is 0 Å². The van der Waals surface area contributed by atoms with Crippen LogP contribution in [0.15, 0.2) is 102 Å². The first-order chi connectivity index (χ1) is 17.3. The van der Waals surface area contributed by atoms with E-state index < -0.39 is 10.1 Å². The molecule has 5 nitrogen and oxygen atoms in total. The van der Waals surface area contributed by atoms with E-state index in [2.05, 4.69) is 67.0 Å².